The lowest BCUT2D eigenvalue weighted by Gasteiger charge is -2.32. The number of rotatable bonds is 6. The maximum atomic E-state index is 12.6. The van der Waals surface area contributed by atoms with Crippen LogP contribution in [0.1, 0.15) is 42.1 Å². The molecule has 1 aromatic rings. The molecule has 1 aliphatic heterocycles. The molecule has 1 N–H and O–H groups in total. The van der Waals surface area contributed by atoms with Gasteiger partial charge in [0.2, 0.25) is 0 Å². The van der Waals surface area contributed by atoms with Crippen molar-refractivity contribution in [2.45, 2.75) is 32.4 Å². The van der Waals surface area contributed by atoms with Gasteiger partial charge in [-0.2, -0.15) is 13.2 Å². The van der Waals surface area contributed by atoms with Crippen LogP contribution in [0.5, 0.6) is 0 Å². The molecule has 0 aliphatic carbocycles. The zero-order valence-corrected chi connectivity index (χ0v) is 15.6. The maximum Gasteiger partial charge on any atom is 0.416 e. The van der Waals surface area contributed by atoms with Crippen molar-refractivity contribution in [2.75, 3.05) is 26.2 Å². The van der Waals surface area contributed by atoms with Crippen LogP contribution in [0, 0.1) is 5.92 Å². The highest BCUT2D eigenvalue weighted by atomic mass is 19.4. The number of halogens is 3. The van der Waals surface area contributed by atoms with E-state index in [9.17, 15) is 27.6 Å². The third kappa shape index (κ3) is 5.97. The predicted molar refractivity (Wildman–Crippen MR) is 94.7 cm³/mol. The third-order valence-corrected chi connectivity index (χ3v) is 4.49. The molecule has 2 amide bonds. The number of nitrogens with one attached hydrogen (secondary N) is 1. The number of benzene rings is 1. The Morgan fingerprint density at radius 1 is 1.21 bits per heavy atom. The van der Waals surface area contributed by atoms with Crippen molar-refractivity contribution < 1.29 is 32.3 Å². The molecule has 1 atom stereocenters. The summed E-state index contributed by atoms with van der Waals surface area (Å²) in [6.07, 6.45) is -3.22. The Morgan fingerprint density at radius 2 is 1.89 bits per heavy atom. The Bertz CT molecular complexity index is 704. The number of ether oxygens (including phenoxy) is 1. The lowest BCUT2D eigenvalue weighted by molar-refractivity contribution is -0.143. The zero-order valence-electron chi connectivity index (χ0n) is 15.6. The minimum absolute atomic E-state index is 0.0569. The quantitative estimate of drug-likeness (QED) is 0.588. The molecule has 0 radical (unpaired) electrons. The summed E-state index contributed by atoms with van der Waals surface area (Å²) in [5, 5.41) is 2.61. The van der Waals surface area contributed by atoms with E-state index in [1.165, 1.54) is 17.0 Å². The van der Waals surface area contributed by atoms with Crippen molar-refractivity contribution in [1.29, 1.82) is 0 Å². The molecule has 9 heteroatoms. The van der Waals surface area contributed by atoms with Gasteiger partial charge in [0.1, 0.15) is 0 Å². The summed E-state index contributed by atoms with van der Waals surface area (Å²) in [6.45, 7) is 2.75. The van der Waals surface area contributed by atoms with Crippen LogP contribution in [-0.4, -0.2) is 48.9 Å². The molecular formula is C19H23F3N2O4. The van der Waals surface area contributed by atoms with Gasteiger partial charge < -0.3 is 15.0 Å². The van der Waals surface area contributed by atoms with Gasteiger partial charge in [0.15, 0.2) is 5.78 Å². The first-order valence-electron chi connectivity index (χ1n) is 9.12. The largest absolute Gasteiger partial charge is 0.466 e. The van der Waals surface area contributed by atoms with Crippen LogP contribution in [0.4, 0.5) is 18.0 Å². The number of Topliss-reactive ketones (excluding diaryl/α,β-unsaturated/α-hetero) is 1. The van der Waals surface area contributed by atoms with Crippen LogP contribution in [-0.2, 0) is 15.7 Å². The van der Waals surface area contributed by atoms with Crippen LogP contribution in [0.3, 0.4) is 0 Å². The average molecular weight is 400 g/mol. The highest BCUT2D eigenvalue weighted by Gasteiger charge is 2.32. The molecule has 0 bridgehead atoms. The normalized spacial score (nSPS) is 17.1. The number of carbonyl (C=O) groups is 3. The van der Waals surface area contributed by atoms with Crippen molar-refractivity contribution in [3.05, 3.63) is 35.4 Å². The second kappa shape index (κ2) is 9.57. The number of piperidine rings is 1. The van der Waals surface area contributed by atoms with Crippen molar-refractivity contribution in [3.63, 3.8) is 0 Å². The van der Waals surface area contributed by atoms with E-state index in [2.05, 4.69) is 5.32 Å². The zero-order chi connectivity index (χ0) is 20.7. The van der Waals surface area contributed by atoms with Crippen LogP contribution in [0.2, 0.25) is 0 Å². The molecule has 0 saturated carbocycles. The summed E-state index contributed by atoms with van der Waals surface area (Å²) >= 11 is 0. The predicted octanol–water partition coefficient (Wildman–Crippen LogP) is 3.26. The number of urea groups is 1. The summed E-state index contributed by atoms with van der Waals surface area (Å²) < 4.78 is 42.7. The second-order valence-corrected chi connectivity index (χ2v) is 6.51. The number of carbonyl (C=O) groups excluding carboxylic acids is 3. The van der Waals surface area contributed by atoms with Gasteiger partial charge >= 0.3 is 18.2 Å². The Labute approximate surface area is 161 Å². The molecular weight excluding hydrogens is 377 g/mol. The molecule has 28 heavy (non-hydrogen) atoms. The number of hydrogen-bond acceptors (Lipinski definition) is 4. The molecule has 1 fully saturated rings. The van der Waals surface area contributed by atoms with E-state index in [0.717, 1.165) is 12.1 Å². The van der Waals surface area contributed by atoms with E-state index >= 15 is 0 Å². The average Bonchev–Trinajstić information content (AvgIpc) is 2.67. The fourth-order valence-corrected chi connectivity index (χ4v) is 3.05. The van der Waals surface area contributed by atoms with E-state index in [0.29, 0.717) is 19.4 Å². The van der Waals surface area contributed by atoms with Gasteiger partial charge in [0, 0.05) is 31.1 Å². The number of alkyl halides is 3. The smallest absolute Gasteiger partial charge is 0.416 e. The molecule has 0 aromatic heterocycles. The molecule has 6 nitrogen and oxygen atoms in total. The second-order valence-electron chi connectivity index (χ2n) is 6.51. The first-order valence-corrected chi connectivity index (χ1v) is 9.12. The number of ketones is 1. The van der Waals surface area contributed by atoms with Gasteiger partial charge in [-0.15, -0.1) is 0 Å². The highest BCUT2D eigenvalue weighted by molar-refractivity contribution is 5.98. The van der Waals surface area contributed by atoms with Gasteiger partial charge in [-0.3, -0.25) is 9.59 Å². The number of amides is 2. The van der Waals surface area contributed by atoms with Crippen LogP contribution >= 0.6 is 0 Å². The Hall–Kier alpha value is -2.58. The first-order chi connectivity index (χ1) is 13.2. The molecule has 1 saturated heterocycles. The van der Waals surface area contributed by atoms with E-state index in [1.807, 2.05) is 0 Å². The molecule has 0 unspecified atom stereocenters. The van der Waals surface area contributed by atoms with Crippen molar-refractivity contribution >= 4 is 17.8 Å². The topological polar surface area (TPSA) is 75.7 Å². The molecule has 1 heterocycles. The monoisotopic (exact) mass is 400 g/mol. The minimum atomic E-state index is -4.45. The lowest BCUT2D eigenvalue weighted by Crippen LogP contribution is -2.47. The molecule has 1 aromatic carbocycles. The molecule has 154 valence electrons. The summed E-state index contributed by atoms with van der Waals surface area (Å²) in [5.41, 5.74) is -0.613. The van der Waals surface area contributed by atoms with Crippen molar-refractivity contribution in [2.24, 2.45) is 5.92 Å². The van der Waals surface area contributed by atoms with E-state index in [4.69, 9.17) is 4.74 Å². The van der Waals surface area contributed by atoms with Crippen LogP contribution in [0.15, 0.2) is 24.3 Å². The Kier molecular flexibility index (Phi) is 7.42. The Morgan fingerprint density at radius 3 is 2.50 bits per heavy atom. The van der Waals surface area contributed by atoms with Crippen LogP contribution in [0.25, 0.3) is 0 Å². The molecule has 0 spiro atoms. The summed E-state index contributed by atoms with van der Waals surface area (Å²) in [4.78, 5) is 37.6. The van der Waals surface area contributed by atoms with Crippen LogP contribution < -0.4 is 5.32 Å². The van der Waals surface area contributed by atoms with Crippen molar-refractivity contribution in [1.82, 2.24) is 10.2 Å². The number of hydrogen-bond donors (Lipinski definition) is 1. The summed E-state index contributed by atoms with van der Waals surface area (Å²) in [7, 11) is 0. The van der Waals surface area contributed by atoms with Gasteiger partial charge in [0.25, 0.3) is 0 Å². The number of likely N-dealkylation sites (tertiary alicyclic amines) is 1. The fraction of sp³-hybridized carbons (Fsp3) is 0.526. The third-order valence-electron chi connectivity index (χ3n) is 4.49. The van der Waals surface area contributed by atoms with E-state index in [-0.39, 0.29) is 43.5 Å². The standard InChI is InChI=1S/C19H23F3N2O4/c1-2-28-16(25)9-10-23-18(27)24-11-3-4-14(12-24)17(26)13-5-7-15(8-6-13)19(20,21)22/h5-8,14H,2-4,9-12H2,1H3,(H,23,27)/t14-/m1/s1. The summed E-state index contributed by atoms with van der Waals surface area (Å²) in [6, 6.07) is 3.73. The fourth-order valence-electron chi connectivity index (χ4n) is 3.05. The maximum absolute atomic E-state index is 12.6. The Balaban J connectivity index is 1.90. The van der Waals surface area contributed by atoms with Gasteiger partial charge in [-0.25, -0.2) is 4.79 Å². The van der Waals surface area contributed by atoms with Gasteiger partial charge in [-0.05, 0) is 31.9 Å². The summed E-state index contributed by atoms with van der Waals surface area (Å²) in [5.74, 6) is -1.16. The molecule has 2 rings (SSSR count). The van der Waals surface area contributed by atoms with E-state index in [1.54, 1.807) is 6.92 Å². The molecule has 1 aliphatic rings. The van der Waals surface area contributed by atoms with Gasteiger partial charge in [0.05, 0.1) is 18.6 Å². The highest BCUT2D eigenvalue weighted by Crippen LogP contribution is 2.30. The van der Waals surface area contributed by atoms with E-state index < -0.39 is 23.6 Å². The number of esters is 1. The van der Waals surface area contributed by atoms with Crippen molar-refractivity contribution in [3.8, 4) is 0 Å². The lowest BCUT2D eigenvalue weighted by atomic mass is 9.90. The SMILES string of the molecule is CCOC(=O)CCNC(=O)N1CCC[C@@H](C(=O)c2ccc(C(F)(F)F)cc2)C1. The minimum Gasteiger partial charge on any atom is -0.466 e. The first kappa shape index (κ1) is 21.7. The number of nitrogens with zero attached hydrogens (tertiary/aromatic N) is 1. The van der Waals surface area contributed by atoms with Gasteiger partial charge in [-0.1, -0.05) is 12.1 Å².